The Morgan fingerprint density at radius 2 is 1.58 bits per heavy atom. The Kier molecular flexibility index (Phi) is 7.12. The molecule has 0 spiro atoms. The van der Waals surface area contributed by atoms with Gasteiger partial charge in [0.1, 0.15) is 5.82 Å². The smallest absolute Gasteiger partial charge is 0.356 e. The highest BCUT2D eigenvalue weighted by atomic mass is 19.1. The zero-order chi connectivity index (χ0) is 31.8. The van der Waals surface area contributed by atoms with Gasteiger partial charge in [-0.25, -0.2) is 4.39 Å². The lowest BCUT2D eigenvalue weighted by molar-refractivity contribution is -0.659. The van der Waals surface area contributed by atoms with E-state index in [0.717, 1.165) is 23.1 Å². The second-order valence-corrected chi connectivity index (χ2v) is 10.4. The summed E-state index contributed by atoms with van der Waals surface area (Å²) in [6, 6.07) is 7.56. The van der Waals surface area contributed by atoms with Crippen molar-refractivity contribution in [2.24, 2.45) is 0 Å². The van der Waals surface area contributed by atoms with Crippen molar-refractivity contribution in [3.05, 3.63) is 64.5 Å². The van der Waals surface area contributed by atoms with Gasteiger partial charge in [0.25, 0.3) is 11.8 Å². The summed E-state index contributed by atoms with van der Waals surface area (Å²) in [6.45, 7) is -1.56. The lowest BCUT2D eigenvalue weighted by Gasteiger charge is -2.55. The van der Waals surface area contributed by atoms with Gasteiger partial charge in [-0.15, -0.1) is 0 Å². The Bertz CT molecular complexity index is 1490. The van der Waals surface area contributed by atoms with Crippen molar-refractivity contribution >= 4 is 23.4 Å². The second kappa shape index (κ2) is 9.94. The number of benzene rings is 2. The second-order valence-electron chi connectivity index (χ2n) is 10.4. The highest BCUT2D eigenvalue weighted by Gasteiger charge is 2.74. The minimum atomic E-state index is -4.14. The van der Waals surface area contributed by atoms with Gasteiger partial charge in [0.2, 0.25) is 11.6 Å². The van der Waals surface area contributed by atoms with Gasteiger partial charge >= 0.3 is 23.8 Å². The normalized spacial score (nSPS) is 25.8. The summed E-state index contributed by atoms with van der Waals surface area (Å²) >= 11 is 0. The van der Waals surface area contributed by atoms with Crippen LogP contribution in [0, 0.1) is 5.82 Å². The van der Waals surface area contributed by atoms with Gasteiger partial charge in [0.05, 0.1) is 6.54 Å². The number of halogens is 1. The van der Waals surface area contributed by atoms with Crippen molar-refractivity contribution in [1.29, 1.82) is 0 Å². The molecular weight excluding hydrogens is 583 g/mol. The average Bonchev–Trinajstić information content (AvgIpc) is 3.25. The molecule has 0 radical (unpaired) electrons. The van der Waals surface area contributed by atoms with E-state index < -0.39 is 59.6 Å². The maximum atomic E-state index is 14.8. The van der Waals surface area contributed by atoms with Crippen molar-refractivity contribution in [2.75, 3.05) is 5.32 Å². The summed E-state index contributed by atoms with van der Waals surface area (Å²) < 4.78 is 18.6. The van der Waals surface area contributed by atoms with Gasteiger partial charge in [0.15, 0.2) is 0 Å². The molecule has 1 unspecified atom stereocenters. The molecule has 0 aromatic heterocycles. The van der Waals surface area contributed by atoms with Crippen LogP contribution >= 0.6 is 0 Å². The summed E-state index contributed by atoms with van der Waals surface area (Å²) in [7, 11) is 0. The van der Waals surface area contributed by atoms with E-state index in [0.29, 0.717) is 11.3 Å². The largest absolute Gasteiger partial charge is 0.381 e. The molecule has 0 aliphatic carbocycles. The van der Waals surface area contributed by atoms with Gasteiger partial charge in [0, 0.05) is 48.3 Å². The molecule has 5 rings (SSSR count). The molecule has 17 nitrogen and oxygen atoms in total. The van der Waals surface area contributed by atoms with Crippen molar-refractivity contribution in [3.63, 3.8) is 0 Å². The lowest BCUT2D eigenvalue weighted by atomic mass is 10.00. The number of nitrogens with zero attached hydrogens (tertiary/aromatic N) is 2. The molecular formula is C25H27FN4O13. The topological polar surface area (TPSA) is 273 Å². The summed E-state index contributed by atoms with van der Waals surface area (Å²) in [5.74, 6) is -19.5. The van der Waals surface area contributed by atoms with Crippen LogP contribution in [0.5, 0.6) is 0 Å². The van der Waals surface area contributed by atoms with E-state index in [1.54, 1.807) is 6.07 Å². The number of piperidine rings is 1. The zero-order valence-corrected chi connectivity index (χ0v) is 21.9. The summed E-state index contributed by atoms with van der Waals surface area (Å²) in [6.07, 6.45) is -0.501. The summed E-state index contributed by atoms with van der Waals surface area (Å²) in [5.41, 5.74) is -1.68. The number of amides is 3. The van der Waals surface area contributed by atoms with Crippen LogP contribution in [-0.4, -0.2) is 103 Å². The zero-order valence-electron chi connectivity index (χ0n) is 21.9. The van der Waals surface area contributed by atoms with Gasteiger partial charge in [-0.05, 0) is 29.8 Å². The molecule has 2 aromatic rings. The SMILES string of the molecule is O=C1CCC(O)(N2Cc3c(NCc4cc(CN5C(O)(O)C(O)(O)OC(O)(O)C5(O)O)ccc4F)cccc3C2=O)C(=O)N1. The summed E-state index contributed by atoms with van der Waals surface area (Å²) in [4.78, 5) is 37.6. The third kappa shape index (κ3) is 4.83. The minimum absolute atomic E-state index is 0.102. The molecule has 3 aliphatic rings. The first-order chi connectivity index (χ1) is 19.8. The highest BCUT2D eigenvalue weighted by molar-refractivity contribution is 6.07. The lowest BCUT2D eigenvalue weighted by Crippen LogP contribution is -2.83. The maximum Gasteiger partial charge on any atom is 0.356 e. The molecule has 11 N–H and O–H groups in total. The number of carbonyl (C=O) groups is 3. The Morgan fingerprint density at radius 1 is 0.930 bits per heavy atom. The Hall–Kier alpha value is -3.66. The molecule has 1 atom stereocenters. The quantitative estimate of drug-likeness (QED) is 0.110. The van der Waals surface area contributed by atoms with E-state index in [1.807, 2.05) is 5.32 Å². The van der Waals surface area contributed by atoms with Crippen molar-refractivity contribution in [3.8, 4) is 0 Å². The Morgan fingerprint density at radius 3 is 2.21 bits per heavy atom. The van der Waals surface area contributed by atoms with Crippen molar-refractivity contribution in [1.82, 2.24) is 15.1 Å². The number of ether oxygens (including phenoxy) is 1. The number of carbonyl (C=O) groups excluding carboxylic acids is 3. The predicted molar refractivity (Wildman–Crippen MR) is 133 cm³/mol. The van der Waals surface area contributed by atoms with Gasteiger partial charge in [-0.2, -0.15) is 4.90 Å². The van der Waals surface area contributed by atoms with E-state index in [-0.39, 0.29) is 47.5 Å². The predicted octanol–water partition coefficient (Wildman–Crippen LogP) is -4.10. The number of aliphatic hydroxyl groups is 9. The van der Waals surface area contributed by atoms with Crippen LogP contribution in [0.1, 0.15) is 39.9 Å². The molecule has 3 aliphatic heterocycles. The van der Waals surface area contributed by atoms with Crippen LogP contribution in [0.3, 0.4) is 0 Å². The average molecular weight is 611 g/mol. The third-order valence-corrected chi connectivity index (χ3v) is 7.56. The first-order valence-electron chi connectivity index (χ1n) is 12.6. The fraction of sp³-hybridized carbons (Fsp3) is 0.400. The molecule has 232 valence electrons. The van der Waals surface area contributed by atoms with Crippen LogP contribution in [0.2, 0.25) is 0 Å². The number of hydrogen-bond acceptors (Lipinski definition) is 15. The molecule has 18 heteroatoms. The van der Waals surface area contributed by atoms with Gasteiger partial charge in [-0.1, -0.05) is 12.1 Å². The first kappa shape index (κ1) is 30.8. The van der Waals surface area contributed by atoms with Gasteiger partial charge in [-0.3, -0.25) is 29.3 Å². The van der Waals surface area contributed by atoms with Crippen molar-refractivity contribution in [2.45, 2.75) is 62.0 Å². The molecule has 2 aromatic carbocycles. The fourth-order valence-electron chi connectivity index (χ4n) is 5.11. The molecule has 43 heavy (non-hydrogen) atoms. The molecule has 3 amide bonds. The Labute approximate surface area is 240 Å². The standard InChI is InChI=1S/C25H27FN4O13/c26-16-5-4-12(10-30-22(35,36)24(39,40)43-25(41,42)23(30,37)38)8-13(16)9-27-17-3-1-2-14-15(17)11-29(19(14)32)21(34)7-6-18(31)28-20(21)33/h1-5,8,27,34-42H,6-7,9-11H2,(H,28,31,33). The number of anilines is 1. The van der Waals surface area contributed by atoms with Crippen molar-refractivity contribution < 1.29 is 69.5 Å². The van der Waals surface area contributed by atoms with E-state index >= 15 is 0 Å². The van der Waals surface area contributed by atoms with Crippen LogP contribution in [0.25, 0.3) is 0 Å². The van der Waals surface area contributed by atoms with Crippen LogP contribution in [-0.2, 0) is 34.0 Å². The van der Waals surface area contributed by atoms with Crippen LogP contribution < -0.4 is 10.6 Å². The van der Waals surface area contributed by atoms with E-state index in [2.05, 4.69) is 10.1 Å². The fourth-order valence-corrected chi connectivity index (χ4v) is 5.11. The third-order valence-electron chi connectivity index (χ3n) is 7.56. The van der Waals surface area contributed by atoms with Crippen LogP contribution in [0.15, 0.2) is 36.4 Å². The van der Waals surface area contributed by atoms with E-state index in [4.69, 9.17) is 0 Å². The molecule has 2 fully saturated rings. The van der Waals surface area contributed by atoms with Crippen LogP contribution in [0.4, 0.5) is 10.1 Å². The number of hydrogen-bond donors (Lipinski definition) is 11. The number of fused-ring (bicyclic) bond motifs is 1. The Balaban J connectivity index is 1.37. The monoisotopic (exact) mass is 610 g/mol. The minimum Gasteiger partial charge on any atom is -0.381 e. The summed E-state index contributed by atoms with van der Waals surface area (Å²) in [5, 5.41) is 95.7. The van der Waals surface area contributed by atoms with E-state index in [9.17, 15) is 64.7 Å². The first-order valence-corrected chi connectivity index (χ1v) is 12.6. The molecule has 0 saturated carbocycles. The van der Waals surface area contributed by atoms with E-state index in [1.165, 1.54) is 12.1 Å². The molecule has 2 saturated heterocycles. The number of rotatable bonds is 6. The van der Waals surface area contributed by atoms with Gasteiger partial charge < -0.3 is 51.3 Å². The molecule has 3 heterocycles. The maximum absolute atomic E-state index is 14.8. The number of morpholine rings is 1. The highest BCUT2D eigenvalue weighted by Crippen LogP contribution is 2.42. The number of imide groups is 1. The number of nitrogens with one attached hydrogen (secondary N) is 2. The molecule has 0 bridgehead atoms.